The fraction of sp³-hybridized carbons (Fsp3) is 0.0769. The van der Waals surface area contributed by atoms with Gasteiger partial charge in [-0.2, -0.15) is 4.98 Å². The van der Waals surface area contributed by atoms with E-state index in [-0.39, 0.29) is 0 Å². The van der Waals surface area contributed by atoms with Gasteiger partial charge in [-0.15, -0.1) is 11.3 Å². The molecule has 0 atom stereocenters. The van der Waals surface area contributed by atoms with E-state index in [4.69, 9.17) is 10.3 Å². The maximum absolute atomic E-state index is 5.89. The zero-order valence-corrected chi connectivity index (χ0v) is 10.6. The van der Waals surface area contributed by atoms with Gasteiger partial charge in [-0.3, -0.25) is 0 Å². The first kappa shape index (κ1) is 11.0. The maximum atomic E-state index is 5.89. The second kappa shape index (κ2) is 4.27. The van der Waals surface area contributed by atoms with Crippen LogP contribution in [0.15, 0.2) is 40.9 Å². The Kier molecular flexibility index (Phi) is 2.60. The molecule has 2 heterocycles. The lowest BCUT2D eigenvalue weighted by Gasteiger charge is -1.97. The third-order valence-corrected chi connectivity index (χ3v) is 3.57. The number of aryl methyl sites for hydroxylation is 1. The highest BCUT2D eigenvalue weighted by atomic mass is 32.1. The number of para-hydroxylation sites is 1. The summed E-state index contributed by atoms with van der Waals surface area (Å²) < 4.78 is 5.27. The van der Waals surface area contributed by atoms with E-state index in [1.807, 2.05) is 43.3 Å². The zero-order valence-electron chi connectivity index (χ0n) is 9.75. The van der Waals surface area contributed by atoms with Crippen molar-refractivity contribution in [1.29, 1.82) is 0 Å². The molecular weight excluding hydrogens is 246 g/mol. The molecule has 2 N–H and O–H groups in total. The number of nitrogens with zero attached hydrogens (tertiary/aromatic N) is 2. The van der Waals surface area contributed by atoms with E-state index in [9.17, 15) is 0 Å². The number of nitrogens with two attached hydrogens (primary N) is 1. The van der Waals surface area contributed by atoms with Crippen LogP contribution in [-0.4, -0.2) is 10.1 Å². The Labute approximate surface area is 108 Å². The molecule has 0 spiro atoms. The minimum Gasteiger partial charge on any atom is -0.398 e. The first-order valence-corrected chi connectivity index (χ1v) is 6.31. The highest BCUT2D eigenvalue weighted by Gasteiger charge is 2.13. The molecule has 0 fully saturated rings. The second-order valence-electron chi connectivity index (χ2n) is 3.92. The van der Waals surface area contributed by atoms with Gasteiger partial charge >= 0.3 is 0 Å². The van der Waals surface area contributed by atoms with Crippen molar-refractivity contribution < 1.29 is 4.52 Å². The smallest absolute Gasteiger partial charge is 0.268 e. The quantitative estimate of drug-likeness (QED) is 0.715. The minimum atomic E-state index is 0.522. The molecule has 3 rings (SSSR count). The van der Waals surface area contributed by atoms with E-state index in [2.05, 4.69) is 10.1 Å². The van der Waals surface area contributed by atoms with Crippen molar-refractivity contribution in [2.24, 2.45) is 0 Å². The molecule has 0 radical (unpaired) electrons. The molecule has 1 aromatic carbocycles. The van der Waals surface area contributed by atoms with E-state index in [1.165, 1.54) is 4.88 Å². The average molecular weight is 257 g/mol. The van der Waals surface area contributed by atoms with Crippen LogP contribution in [-0.2, 0) is 0 Å². The number of benzene rings is 1. The normalized spacial score (nSPS) is 10.7. The summed E-state index contributed by atoms with van der Waals surface area (Å²) in [7, 11) is 0. The molecule has 18 heavy (non-hydrogen) atoms. The molecule has 3 aromatic rings. The summed E-state index contributed by atoms with van der Waals surface area (Å²) in [4.78, 5) is 6.56. The largest absolute Gasteiger partial charge is 0.398 e. The van der Waals surface area contributed by atoms with Crippen LogP contribution in [0.3, 0.4) is 0 Å². The molecule has 5 heteroatoms. The summed E-state index contributed by atoms with van der Waals surface area (Å²) in [5, 5.41) is 3.97. The molecule has 2 aromatic heterocycles. The van der Waals surface area contributed by atoms with Crippen molar-refractivity contribution in [2.45, 2.75) is 6.92 Å². The van der Waals surface area contributed by atoms with E-state index in [0.29, 0.717) is 17.4 Å². The maximum Gasteiger partial charge on any atom is 0.268 e. The summed E-state index contributed by atoms with van der Waals surface area (Å²) in [6, 6.07) is 11.5. The summed E-state index contributed by atoms with van der Waals surface area (Å²) in [5.41, 5.74) is 7.32. The molecule has 0 aliphatic heterocycles. The van der Waals surface area contributed by atoms with Gasteiger partial charge in [-0.1, -0.05) is 17.3 Å². The summed E-state index contributed by atoms with van der Waals surface area (Å²) in [5.74, 6) is 1.06. The van der Waals surface area contributed by atoms with Crippen molar-refractivity contribution in [3.63, 3.8) is 0 Å². The molecular formula is C13H11N3OS. The predicted octanol–water partition coefficient (Wildman–Crippen LogP) is 3.36. The monoisotopic (exact) mass is 257 g/mol. The molecule has 4 nitrogen and oxygen atoms in total. The minimum absolute atomic E-state index is 0.522. The number of anilines is 1. The Bertz CT molecular complexity index is 687. The van der Waals surface area contributed by atoms with Gasteiger partial charge in [0.25, 0.3) is 5.89 Å². The first-order chi connectivity index (χ1) is 8.74. The van der Waals surface area contributed by atoms with E-state index in [0.717, 1.165) is 10.4 Å². The van der Waals surface area contributed by atoms with Gasteiger partial charge in [-0.05, 0) is 31.2 Å². The van der Waals surface area contributed by atoms with E-state index in [1.54, 1.807) is 11.3 Å². The number of rotatable bonds is 2. The number of hydrogen-bond donors (Lipinski definition) is 1. The molecule has 0 unspecified atom stereocenters. The van der Waals surface area contributed by atoms with Crippen LogP contribution in [0, 0.1) is 6.92 Å². The standard InChI is InChI=1S/C13H11N3OS/c1-8-6-7-11(18-8)13-15-12(16-17-13)9-4-2-3-5-10(9)14/h2-7H,14H2,1H3. The Balaban J connectivity index is 2.02. The van der Waals surface area contributed by atoms with E-state index >= 15 is 0 Å². The molecule has 0 amide bonds. The first-order valence-electron chi connectivity index (χ1n) is 5.49. The van der Waals surface area contributed by atoms with Crippen molar-refractivity contribution >= 4 is 17.0 Å². The van der Waals surface area contributed by atoms with Crippen LogP contribution in [0.2, 0.25) is 0 Å². The third-order valence-electron chi connectivity index (χ3n) is 2.58. The lowest BCUT2D eigenvalue weighted by molar-refractivity contribution is 0.433. The van der Waals surface area contributed by atoms with Gasteiger partial charge in [0.2, 0.25) is 5.82 Å². The summed E-state index contributed by atoms with van der Waals surface area (Å²) in [6.07, 6.45) is 0. The Morgan fingerprint density at radius 3 is 2.72 bits per heavy atom. The summed E-state index contributed by atoms with van der Waals surface area (Å²) in [6.45, 7) is 2.04. The predicted molar refractivity (Wildman–Crippen MR) is 72.2 cm³/mol. The fourth-order valence-corrected chi connectivity index (χ4v) is 2.47. The zero-order chi connectivity index (χ0) is 12.5. The SMILES string of the molecule is Cc1ccc(-c2nc(-c3ccccc3N)no2)s1. The van der Waals surface area contributed by atoms with Crippen molar-refractivity contribution in [1.82, 2.24) is 10.1 Å². The van der Waals surface area contributed by atoms with Gasteiger partial charge in [0, 0.05) is 16.1 Å². The molecule has 0 aliphatic carbocycles. The number of nitrogen functional groups attached to an aromatic ring is 1. The molecule has 0 aliphatic rings. The number of thiophene rings is 1. The lowest BCUT2D eigenvalue weighted by atomic mass is 10.2. The van der Waals surface area contributed by atoms with Crippen LogP contribution in [0.25, 0.3) is 22.2 Å². The molecule has 0 saturated heterocycles. The van der Waals surface area contributed by atoms with Crippen LogP contribution in [0.5, 0.6) is 0 Å². The van der Waals surface area contributed by atoms with Crippen molar-refractivity contribution in [3.05, 3.63) is 41.3 Å². The van der Waals surface area contributed by atoms with Crippen LogP contribution in [0.4, 0.5) is 5.69 Å². The lowest BCUT2D eigenvalue weighted by Crippen LogP contribution is -1.90. The fourth-order valence-electron chi connectivity index (χ4n) is 1.68. The molecule has 90 valence electrons. The highest BCUT2D eigenvalue weighted by molar-refractivity contribution is 7.15. The van der Waals surface area contributed by atoms with E-state index < -0.39 is 0 Å². The summed E-state index contributed by atoms with van der Waals surface area (Å²) >= 11 is 1.63. The van der Waals surface area contributed by atoms with Gasteiger partial charge < -0.3 is 10.3 Å². The van der Waals surface area contributed by atoms with Crippen LogP contribution >= 0.6 is 11.3 Å². The van der Waals surface area contributed by atoms with Gasteiger partial charge in [0.1, 0.15) is 0 Å². The second-order valence-corrected chi connectivity index (χ2v) is 5.21. The van der Waals surface area contributed by atoms with Crippen molar-refractivity contribution in [3.8, 4) is 22.2 Å². The Morgan fingerprint density at radius 2 is 2.00 bits per heavy atom. The van der Waals surface area contributed by atoms with Gasteiger partial charge in [-0.25, -0.2) is 0 Å². The van der Waals surface area contributed by atoms with Crippen molar-refractivity contribution in [2.75, 3.05) is 5.73 Å². The third kappa shape index (κ3) is 1.89. The topological polar surface area (TPSA) is 64.9 Å². The number of hydrogen-bond acceptors (Lipinski definition) is 5. The van der Waals surface area contributed by atoms with Crippen LogP contribution < -0.4 is 5.73 Å². The molecule has 0 bridgehead atoms. The van der Waals surface area contributed by atoms with Gasteiger partial charge in [0.05, 0.1) is 4.88 Å². The highest BCUT2D eigenvalue weighted by Crippen LogP contribution is 2.29. The Morgan fingerprint density at radius 1 is 1.17 bits per heavy atom. The Hall–Kier alpha value is -2.14. The van der Waals surface area contributed by atoms with Crippen LogP contribution in [0.1, 0.15) is 4.88 Å². The van der Waals surface area contributed by atoms with Gasteiger partial charge in [0.15, 0.2) is 0 Å². The molecule has 0 saturated carbocycles. The average Bonchev–Trinajstić information content (AvgIpc) is 2.98. The number of aromatic nitrogens is 2.